The molecule has 0 saturated heterocycles. The summed E-state index contributed by atoms with van der Waals surface area (Å²) < 4.78 is 0.00527. The number of thioether (sulfide) groups is 1. The Hall–Kier alpha value is -2.27. The van der Waals surface area contributed by atoms with E-state index < -0.39 is 0 Å². The second-order valence-electron chi connectivity index (χ2n) is 6.43. The monoisotopic (exact) mass is 339 g/mol. The van der Waals surface area contributed by atoms with Gasteiger partial charge in [-0.1, -0.05) is 47.7 Å². The molecular weight excluding hydrogens is 318 g/mol. The van der Waals surface area contributed by atoms with Gasteiger partial charge in [0, 0.05) is 10.4 Å². The fourth-order valence-corrected chi connectivity index (χ4v) is 3.43. The minimum Gasteiger partial charge on any atom is -0.307 e. The Morgan fingerprint density at radius 1 is 1.12 bits per heavy atom. The van der Waals surface area contributed by atoms with E-state index in [1.54, 1.807) is 16.7 Å². The summed E-state index contributed by atoms with van der Waals surface area (Å²) in [5, 5.41) is 3.69. The van der Waals surface area contributed by atoms with Crippen molar-refractivity contribution in [2.45, 2.75) is 25.5 Å². The Morgan fingerprint density at radius 3 is 2.38 bits per heavy atom. The molecule has 124 valence electrons. The number of para-hydroxylation sites is 1. The van der Waals surface area contributed by atoms with Gasteiger partial charge in [-0.3, -0.25) is 4.99 Å². The van der Waals surface area contributed by atoms with Crippen molar-refractivity contribution >= 4 is 34.3 Å². The van der Waals surface area contributed by atoms with Crippen LogP contribution >= 0.6 is 11.8 Å². The molecule has 0 saturated carbocycles. The van der Waals surface area contributed by atoms with Crippen LogP contribution in [0.3, 0.4) is 0 Å². The lowest BCUT2D eigenvalue weighted by Gasteiger charge is -2.24. The SMILES string of the molecule is Cc1ccc(N(C(=O)Nc2ccccc2)C2=NCC(C)(C)S2)cc1. The first-order valence-corrected chi connectivity index (χ1v) is 8.73. The number of nitrogens with one attached hydrogen (secondary N) is 1. The van der Waals surface area contributed by atoms with Crippen LogP contribution in [0.1, 0.15) is 19.4 Å². The van der Waals surface area contributed by atoms with Gasteiger partial charge in [0.2, 0.25) is 0 Å². The van der Waals surface area contributed by atoms with E-state index in [-0.39, 0.29) is 10.8 Å². The zero-order valence-corrected chi connectivity index (χ0v) is 14.9. The highest BCUT2D eigenvalue weighted by atomic mass is 32.2. The molecule has 24 heavy (non-hydrogen) atoms. The molecule has 0 spiro atoms. The Kier molecular flexibility index (Phi) is 4.62. The number of urea groups is 1. The number of benzene rings is 2. The summed E-state index contributed by atoms with van der Waals surface area (Å²) in [6, 6.07) is 17.2. The first kappa shape index (κ1) is 16.6. The van der Waals surface area contributed by atoms with Gasteiger partial charge in [-0.15, -0.1) is 0 Å². The summed E-state index contributed by atoms with van der Waals surface area (Å²) in [5.41, 5.74) is 2.74. The summed E-state index contributed by atoms with van der Waals surface area (Å²) in [6.45, 7) is 7.00. The van der Waals surface area contributed by atoms with Crippen LogP contribution in [0, 0.1) is 6.92 Å². The molecule has 0 radical (unpaired) electrons. The number of carbonyl (C=O) groups excluding carboxylic acids is 1. The van der Waals surface area contributed by atoms with Crippen molar-refractivity contribution in [1.29, 1.82) is 0 Å². The van der Waals surface area contributed by atoms with E-state index in [1.807, 2.05) is 61.5 Å². The maximum Gasteiger partial charge on any atom is 0.332 e. The predicted molar refractivity (Wildman–Crippen MR) is 103 cm³/mol. The Balaban J connectivity index is 1.90. The number of aliphatic imine (C=N–C) groups is 1. The van der Waals surface area contributed by atoms with E-state index >= 15 is 0 Å². The molecule has 2 amide bonds. The van der Waals surface area contributed by atoms with Crippen LogP contribution in [-0.4, -0.2) is 22.5 Å². The largest absolute Gasteiger partial charge is 0.332 e. The quantitative estimate of drug-likeness (QED) is 0.844. The van der Waals surface area contributed by atoms with E-state index in [2.05, 4.69) is 24.2 Å². The number of amides is 2. The van der Waals surface area contributed by atoms with E-state index in [0.29, 0.717) is 6.54 Å². The van der Waals surface area contributed by atoms with E-state index in [1.165, 1.54) is 0 Å². The summed E-state index contributed by atoms with van der Waals surface area (Å²) >= 11 is 1.63. The number of hydrogen-bond donors (Lipinski definition) is 1. The second-order valence-corrected chi connectivity index (χ2v) is 8.10. The topological polar surface area (TPSA) is 44.7 Å². The molecule has 5 heteroatoms. The van der Waals surface area contributed by atoms with Gasteiger partial charge in [0.05, 0.1) is 12.2 Å². The fraction of sp³-hybridized carbons (Fsp3) is 0.263. The third-order valence-corrected chi connectivity index (χ3v) is 4.85. The van der Waals surface area contributed by atoms with Gasteiger partial charge in [-0.2, -0.15) is 0 Å². The van der Waals surface area contributed by atoms with Crippen molar-refractivity contribution < 1.29 is 4.79 Å². The van der Waals surface area contributed by atoms with Crippen LogP contribution in [0.4, 0.5) is 16.2 Å². The molecule has 0 aromatic heterocycles. The lowest BCUT2D eigenvalue weighted by molar-refractivity contribution is 0.259. The predicted octanol–water partition coefficient (Wildman–Crippen LogP) is 4.91. The van der Waals surface area contributed by atoms with Gasteiger partial charge < -0.3 is 5.32 Å². The first-order chi connectivity index (χ1) is 11.4. The standard InChI is InChI=1S/C19H21N3OS/c1-14-9-11-16(12-10-14)22(18-20-13-19(2,3)24-18)17(23)21-15-7-5-4-6-8-15/h4-12H,13H2,1-3H3,(H,21,23). The van der Waals surface area contributed by atoms with E-state index in [0.717, 1.165) is 22.1 Å². The normalized spacial score (nSPS) is 15.7. The van der Waals surface area contributed by atoms with Crippen LogP contribution in [0.5, 0.6) is 0 Å². The van der Waals surface area contributed by atoms with Gasteiger partial charge in [-0.25, -0.2) is 9.69 Å². The molecule has 0 bridgehead atoms. The van der Waals surface area contributed by atoms with E-state index in [4.69, 9.17) is 0 Å². The molecule has 1 aliphatic rings. The highest BCUT2D eigenvalue weighted by Crippen LogP contribution is 2.35. The average Bonchev–Trinajstić information content (AvgIpc) is 2.90. The van der Waals surface area contributed by atoms with Crippen LogP contribution in [-0.2, 0) is 0 Å². The van der Waals surface area contributed by atoms with Crippen LogP contribution in [0.2, 0.25) is 0 Å². The molecule has 1 heterocycles. The maximum atomic E-state index is 12.9. The lowest BCUT2D eigenvalue weighted by atomic mass is 10.2. The Morgan fingerprint density at radius 2 is 1.79 bits per heavy atom. The van der Waals surface area contributed by atoms with Crippen molar-refractivity contribution in [3.63, 3.8) is 0 Å². The Bertz CT molecular complexity index is 754. The van der Waals surface area contributed by atoms with Crippen molar-refractivity contribution in [2.24, 2.45) is 4.99 Å². The van der Waals surface area contributed by atoms with Crippen LogP contribution < -0.4 is 10.2 Å². The van der Waals surface area contributed by atoms with Gasteiger partial charge >= 0.3 is 6.03 Å². The van der Waals surface area contributed by atoms with Gasteiger partial charge in [0.15, 0.2) is 5.17 Å². The minimum absolute atomic E-state index is 0.00527. The molecule has 1 N–H and O–H groups in total. The van der Waals surface area contributed by atoms with Gasteiger partial charge in [0.1, 0.15) is 0 Å². The minimum atomic E-state index is -0.200. The summed E-state index contributed by atoms with van der Waals surface area (Å²) in [6.07, 6.45) is 0. The number of anilines is 2. The number of hydrogen-bond acceptors (Lipinski definition) is 3. The maximum absolute atomic E-state index is 12.9. The van der Waals surface area contributed by atoms with Crippen molar-refractivity contribution in [3.05, 3.63) is 60.2 Å². The third-order valence-electron chi connectivity index (χ3n) is 3.67. The number of carbonyl (C=O) groups is 1. The molecule has 4 nitrogen and oxygen atoms in total. The molecule has 2 aromatic carbocycles. The Labute approximate surface area is 147 Å². The zero-order valence-electron chi connectivity index (χ0n) is 14.1. The zero-order chi connectivity index (χ0) is 17.2. The molecule has 0 unspecified atom stereocenters. The van der Waals surface area contributed by atoms with Crippen molar-refractivity contribution in [3.8, 4) is 0 Å². The summed E-state index contributed by atoms with van der Waals surface area (Å²) in [7, 11) is 0. The first-order valence-electron chi connectivity index (χ1n) is 7.91. The number of nitrogens with zero attached hydrogens (tertiary/aromatic N) is 2. The fourth-order valence-electron chi connectivity index (χ4n) is 2.40. The molecule has 0 fully saturated rings. The van der Waals surface area contributed by atoms with Crippen molar-refractivity contribution in [1.82, 2.24) is 0 Å². The van der Waals surface area contributed by atoms with Crippen LogP contribution in [0.25, 0.3) is 0 Å². The molecule has 1 aliphatic heterocycles. The van der Waals surface area contributed by atoms with Crippen LogP contribution in [0.15, 0.2) is 59.6 Å². The van der Waals surface area contributed by atoms with Gasteiger partial charge in [-0.05, 0) is 45.0 Å². The highest BCUT2D eigenvalue weighted by molar-refractivity contribution is 8.15. The third kappa shape index (κ3) is 3.79. The summed E-state index contributed by atoms with van der Waals surface area (Å²) in [4.78, 5) is 19.2. The van der Waals surface area contributed by atoms with E-state index in [9.17, 15) is 4.79 Å². The molecule has 0 atom stereocenters. The highest BCUT2D eigenvalue weighted by Gasteiger charge is 2.33. The second kappa shape index (κ2) is 6.69. The lowest BCUT2D eigenvalue weighted by Crippen LogP contribution is -2.38. The molecular formula is C19H21N3OS. The molecule has 3 rings (SSSR count). The number of aryl methyl sites for hydroxylation is 1. The average molecular weight is 339 g/mol. The molecule has 2 aromatic rings. The number of amidine groups is 1. The number of rotatable bonds is 2. The summed E-state index contributed by atoms with van der Waals surface area (Å²) in [5.74, 6) is 0. The smallest absolute Gasteiger partial charge is 0.307 e. The van der Waals surface area contributed by atoms with Crippen molar-refractivity contribution in [2.75, 3.05) is 16.8 Å². The molecule has 0 aliphatic carbocycles. The van der Waals surface area contributed by atoms with Gasteiger partial charge in [0.25, 0.3) is 0 Å².